The van der Waals surface area contributed by atoms with Crippen molar-refractivity contribution < 1.29 is 38.1 Å². The minimum absolute atomic E-state index is 0.0135. The molecule has 216 valence electrons. The molecular formula is C28H27Cl2N3O8. The standard InChI is InChI=1S/C28H27Cl2N3O8/c29-18-15-20(30)19-10-14-31(21(19)16-18)11-3-4-13-33-27(38-23(34)6-7-24(35)39-27)17-32-12-2-1-5-22(32)28(33)40-25(36)8-9-26(37)41-28/h6-10,14-16,22H,1-5,11-13,17H2. The first-order chi connectivity index (χ1) is 19.7. The molecule has 13 heteroatoms. The van der Waals surface area contributed by atoms with Crippen LogP contribution in [0.15, 0.2) is 48.7 Å². The Bertz CT molecular complexity index is 1440. The van der Waals surface area contributed by atoms with Crippen LogP contribution in [0.5, 0.6) is 0 Å². The van der Waals surface area contributed by atoms with E-state index in [1.807, 2.05) is 27.8 Å². The number of nitrogens with zero attached hydrogens (tertiary/aromatic N) is 3. The van der Waals surface area contributed by atoms with Gasteiger partial charge in [-0.3, -0.25) is 4.90 Å². The molecule has 0 saturated carbocycles. The maximum absolute atomic E-state index is 12.8. The van der Waals surface area contributed by atoms with Gasteiger partial charge in [0.1, 0.15) is 6.04 Å². The molecule has 1 aromatic carbocycles. The number of hydrogen-bond donors (Lipinski definition) is 0. The normalized spacial score (nSPS) is 24.0. The van der Waals surface area contributed by atoms with Crippen LogP contribution in [-0.4, -0.2) is 75.7 Å². The van der Waals surface area contributed by atoms with Crippen LogP contribution in [0.3, 0.4) is 0 Å². The van der Waals surface area contributed by atoms with Crippen molar-refractivity contribution in [2.45, 2.75) is 56.5 Å². The zero-order chi connectivity index (χ0) is 28.8. The molecule has 2 aromatic rings. The van der Waals surface area contributed by atoms with E-state index in [0.29, 0.717) is 42.4 Å². The first-order valence-corrected chi connectivity index (χ1v) is 14.2. The molecule has 0 N–H and O–H groups in total. The van der Waals surface area contributed by atoms with Crippen LogP contribution in [0.2, 0.25) is 10.0 Å². The molecule has 2 spiro atoms. The van der Waals surface area contributed by atoms with Gasteiger partial charge in [0.05, 0.1) is 17.1 Å². The molecule has 0 radical (unpaired) electrons. The lowest BCUT2D eigenvalue weighted by Crippen LogP contribution is -2.80. The summed E-state index contributed by atoms with van der Waals surface area (Å²) in [5.74, 6) is -7.27. The van der Waals surface area contributed by atoms with E-state index in [4.69, 9.17) is 42.1 Å². The van der Waals surface area contributed by atoms with Crippen molar-refractivity contribution in [2.24, 2.45) is 0 Å². The second kappa shape index (κ2) is 10.8. The molecule has 11 nitrogen and oxygen atoms in total. The second-order valence-electron chi connectivity index (χ2n) is 10.4. The first kappa shape index (κ1) is 27.8. The van der Waals surface area contributed by atoms with Gasteiger partial charge in [-0.25, -0.2) is 19.2 Å². The van der Waals surface area contributed by atoms with E-state index in [-0.39, 0.29) is 13.1 Å². The molecule has 2 fully saturated rings. The first-order valence-electron chi connectivity index (χ1n) is 13.4. The Hall–Kier alpha value is -3.38. The van der Waals surface area contributed by atoms with E-state index in [0.717, 1.165) is 48.0 Å². The predicted molar refractivity (Wildman–Crippen MR) is 145 cm³/mol. The zero-order valence-electron chi connectivity index (χ0n) is 21.9. The Balaban J connectivity index is 1.34. The number of halogens is 2. The number of aryl methyl sites for hydroxylation is 1. The minimum Gasteiger partial charge on any atom is -0.403 e. The Morgan fingerprint density at radius 1 is 0.829 bits per heavy atom. The zero-order valence-corrected chi connectivity index (χ0v) is 23.4. The number of benzene rings is 1. The largest absolute Gasteiger partial charge is 0.403 e. The summed E-state index contributed by atoms with van der Waals surface area (Å²) in [4.78, 5) is 54.3. The van der Waals surface area contributed by atoms with Gasteiger partial charge >= 0.3 is 35.7 Å². The van der Waals surface area contributed by atoms with Gasteiger partial charge in [-0.2, -0.15) is 4.90 Å². The van der Waals surface area contributed by atoms with Crippen LogP contribution < -0.4 is 0 Å². The van der Waals surface area contributed by atoms with Gasteiger partial charge in [0.2, 0.25) is 0 Å². The van der Waals surface area contributed by atoms with Crippen LogP contribution in [0.1, 0.15) is 32.1 Å². The third kappa shape index (κ3) is 5.12. The topological polar surface area (TPSA) is 117 Å². The van der Waals surface area contributed by atoms with Gasteiger partial charge in [-0.05, 0) is 50.4 Å². The highest BCUT2D eigenvalue weighted by Gasteiger charge is 2.68. The number of piperidine rings is 1. The number of fused-ring (bicyclic) bond motifs is 3. The lowest BCUT2D eigenvalue weighted by molar-refractivity contribution is -0.425. The van der Waals surface area contributed by atoms with Gasteiger partial charge < -0.3 is 23.5 Å². The number of carbonyl (C=O) groups is 4. The molecule has 1 aromatic heterocycles. The molecule has 6 rings (SSSR count). The molecule has 1 atom stereocenters. The summed E-state index contributed by atoms with van der Waals surface area (Å²) in [7, 11) is 0. The minimum atomic E-state index is -2.02. The van der Waals surface area contributed by atoms with Crippen LogP contribution in [0.4, 0.5) is 0 Å². The monoisotopic (exact) mass is 603 g/mol. The lowest BCUT2D eigenvalue weighted by atomic mass is 9.93. The van der Waals surface area contributed by atoms with Crippen molar-refractivity contribution in [1.29, 1.82) is 0 Å². The SMILES string of the molecule is O=C1C=CC(=O)OC2(CN3CCCCC3C3(OC(=O)C=CC(=O)O3)N2CCCCn2ccc3c(Cl)cc(Cl)cc32)O1. The Labute approximate surface area is 245 Å². The van der Waals surface area contributed by atoms with Gasteiger partial charge in [-0.1, -0.05) is 29.6 Å². The average molecular weight is 604 g/mol. The van der Waals surface area contributed by atoms with Crippen molar-refractivity contribution in [3.8, 4) is 0 Å². The second-order valence-corrected chi connectivity index (χ2v) is 11.2. The molecule has 0 bridgehead atoms. The van der Waals surface area contributed by atoms with Gasteiger partial charge in [0.15, 0.2) is 0 Å². The Morgan fingerprint density at radius 3 is 2.15 bits per heavy atom. The summed E-state index contributed by atoms with van der Waals surface area (Å²) < 4.78 is 25.4. The summed E-state index contributed by atoms with van der Waals surface area (Å²) in [6, 6.07) is 4.86. The summed E-state index contributed by atoms with van der Waals surface area (Å²) in [5, 5.41) is 1.95. The molecule has 4 aliphatic heterocycles. The molecule has 1 unspecified atom stereocenters. The fraction of sp³-hybridized carbons (Fsp3) is 0.429. The van der Waals surface area contributed by atoms with E-state index in [9.17, 15) is 19.2 Å². The summed E-state index contributed by atoms with van der Waals surface area (Å²) >= 11 is 12.6. The van der Waals surface area contributed by atoms with Crippen LogP contribution >= 0.6 is 23.2 Å². The summed E-state index contributed by atoms with van der Waals surface area (Å²) in [6.45, 7) is 1.18. The van der Waals surface area contributed by atoms with Crippen molar-refractivity contribution in [3.05, 3.63) is 58.7 Å². The molecule has 0 amide bonds. The molecule has 4 aliphatic rings. The number of esters is 4. The van der Waals surface area contributed by atoms with Gasteiger partial charge in [-0.15, -0.1) is 0 Å². The maximum atomic E-state index is 12.8. The summed E-state index contributed by atoms with van der Waals surface area (Å²) in [6.07, 6.45) is 9.03. The number of ether oxygens (including phenoxy) is 4. The smallest absolute Gasteiger partial charge is 0.343 e. The number of unbranched alkanes of at least 4 members (excludes halogenated alkanes) is 1. The van der Waals surface area contributed by atoms with E-state index < -0.39 is 41.7 Å². The van der Waals surface area contributed by atoms with Gasteiger partial charge in [0, 0.05) is 54.0 Å². The number of piperazine rings is 1. The Kier molecular flexibility index (Phi) is 7.31. The number of aromatic nitrogens is 1. The lowest BCUT2D eigenvalue weighted by Gasteiger charge is -2.59. The fourth-order valence-electron chi connectivity index (χ4n) is 6.12. The highest BCUT2D eigenvalue weighted by Crippen LogP contribution is 2.45. The van der Waals surface area contributed by atoms with E-state index >= 15 is 0 Å². The predicted octanol–water partition coefficient (Wildman–Crippen LogP) is 3.52. The van der Waals surface area contributed by atoms with E-state index in [2.05, 4.69) is 0 Å². The fourth-order valence-corrected chi connectivity index (χ4v) is 6.66. The quantitative estimate of drug-likeness (QED) is 0.371. The third-order valence-corrected chi connectivity index (χ3v) is 8.31. The maximum Gasteiger partial charge on any atom is 0.343 e. The average Bonchev–Trinajstić information content (AvgIpc) is 3.18. The van der Waals surface area contributed by atoms with Crippen molar-refractivity contribution in [3.63, 3.8) is 0 Å². The highest BCUT2D eigenvalue weighted by atomic mass is 35.5. The number of rotatable bonds is 5. The highest BCUT2D eigenvalue weighted by molar-refractivity contribution is 6.38. The number of carbonyl (C=O) groups excluding carboxylic acids is 4. The molecule has 0 aliphatic carbocycles. The molecule has 2 saturated heterocycles. The van der Waals surface area contributed by atoms with E-state index in [1.165, 1.54) is 4.90 Å². The van der Waals surface area contributed by atoms with E-state index in [1.54, 1.807) is 6.07 Å². The summed E-state index contributed by atoms with van der Waals surface area (Å²) in [5.41, 5.74) is 0.877. The van der Waals surface area contributed by atoms with Crippen LogP contribution in [0, 0.1) is 0 Å². The molecule has 41 heavy (non-hydrogen) atoms. The van der Waals surface area contributed by atoms with Crippen molar-refractivity contribution in [2.75, 3.05) is 19.6 Å². The van der Waals surface area contributed by atoms with Gasteiger partial charge in [0.25, 0.3) is 0 Å². The molecule has 5 heterocycles. The molecular weight excluding hydrogens is 577 g/mol. The van der Waals surface area contributed by atoms with Crippen molar-refractivity contribution in [1.82, 2.24) is 14.4 Å². The third-order valence-electron chi connectivity index (χ3n) is 7.78. The van der Waals surface area contributed by atoms with Crippen molar-refractivity contribution >= 4 is 58.0 Å². The Morgan fingerprint density at radius 2 is 1.46 bits per heavy atom. The van der Waals surface area contributed by atoms with Crippen LogP contribution in [-0.2, 0) is 44.7 Å². The van der Waals surface area contributed by atoms with Crippen LogP contribution in [0.25, 0.3) is 10.9 Å². The number of hydrogen-bond acceptors (Lipinski definition) is 10.